The zero-order valence-electron chi connectivity index (χ0n) is 40.5. The molecule has 0 unspecified atom stereocenters. The normalized spacial score (nSPS) is 19.5. The minimum Gasteiger partial charge on any atom is -0.461 e. The lowest BCUT2D eigenvalue weighted by molar-refractivity contribution is -0.145. The van der Waals surface area contributed by atoms with Gasteiger partial charge in [0.1, 0.15) is 23.7 Å². The van der Waals surface area contributed by atoms with Gasteiger partial charge < -0.3 is 24.6 Å². The SMILES string of the molecule is Cc1cc(N(C)c2ccc(-c3cnn(CC45CC6CC(CC(C6)C4)C5)c3C)c(C(=O)NS(=O)(=O)CCN(CCC(=O)OCc3ccccc3)C(=O)OC(C)(C)C)n2)nnc1Nc1nc2ccccc2s1. The highest BCUT2D eigenvalue weighted by Gasteiger charge is 2.51. The van der Waals surface area contributed by atoms with Gasteiger partial charge >= 0.3 is 12.1 Å². The Bertz CT molecular complexity index is 2960. The minimum absolute atomic E-state index is 0.0461. The van der Waals surface area contributed by atoms with E-state index in [9.17, 15) is 22.8 Å². The van der Waals surface area contributed by atoms with Crippen LogP contribution in [0, 0.1) is 37.0 Å². The number of pyridine rings is 1. The molecular weight excluding hydrogens is 929 g/mol. The number of benzene rings is 2. The van der Waals surface area contributed by atoms with Gasteiger partial charge in [0.15, 0.2) is 16.8 Å². The maximum atomic E-state index is 14.5. The number of carbonyl (C=O) groups is 3. The Labute approximate surface area is 412 Å². The molecule has 2 amide bonds. The van der Waals surface area contributed by atoms with Crippen molar-refractivity contribution < 1.29 is 32.3 Å². The lowest BCUT2D eigenvalue weighted by atomic mass is 9.49. The van der Waals surface area contributed by atoms with Gasteiger partial charge in [-0.2, -0.15) is 5.10 Å². The van der Waals surface area contributed by atoms with E-state index in [0.717, 1.165) is 56.2 Å². The fraction of sp³-hybridized carbons (Fsp3) is 0.451. The van der Waals surface area contributed by atoms with E-state index in [1.165, 1.54) is 49.9 Å². The average Bonchev–Trinajstić information content (AvgIpc) is 3.89. The number of nitrogens with one attached hydrogen (secondary N) is 2. The van der Waals surface area contributed by atoms with Crippen LogP contribution in [0.1, 0.15) is 93.0 Å². The van der Waals surface area contributed by atoms with Gasteiger partial charge in [0, 0.05) is 43.5 Å². The number of thiazole rings is 1. The van der Waals surface area contributed by atoms with Crippen molar-refractivity contribution in [3.8, 4) is 11.1 Å². The van der Waals surface area contributed by atoms with Gasteiger partial charge in [-0.15, -0.1) is 10.2 Å². The Morgan fingerprint density at radius 1 is 0.871 bits per heavy atom. The maximum Gasteiger partial charge on any atom is 0.410 e. The second-order valence-electron chi connectivity index (χ2n) is 20.3. The van der Waals surface area contributed by atoms with Crippen LogP contribution in [0.15, 0.2) is 79.0 Å². The van der Waals surface area contributed by atoms with Gasteiger partial charge in [-0.3, -0.25) is 14.3 Å². The third-order valence-electron chi connectivity index (χ3n) is 13.7. The van der Waals surface area contributed by atoms with Crippen molar-refractivity contribution >= 4 is 72.1 Å². The number of esters is 1. The van der Waals surface area contributed by atoms with Crippen LogP contribution in [0.5, 0.6) is 0 Å². The second kappa shape index (κ2) is 19.7. The van der Waals surface area contributed by atoms with Crippen LogP contribution in [-0.2, 0) is 37.4 Å². The molecular formula is C51H60N10O7S2. The fourth-order valence-corrected chi connectivity index (χ4v) is 12.5. The molecule has 70 heavy (non-hydrogen) atoms. The number of carbonyl (C=O) groups excluding carboxylic acids is 3. The van der Waals surface area contributed by atoms with E-state index in [4.69, 9.17) is 19.6 Å². The molecule has 4 heterocycles. The van der Waals surface area contributed by atoms with Gasteiger partial charge in [-0.05, 0) is 138 Å². The molecule has 0 atom stereocenters. The first kappa shape index (κ1) is 48.5. The lowest BCUT2D eigenvalue weighted by Gasteiger charge is -2.56. The van der Waals surface area contributed by atoms with Gasteiger partial charge in [-0.25, -0.2) is 27.9 Å². The number of aromatic nitrogens is 6. The molecule has 2 aromatic carbocycles. The van der Waals surface area contributed by atoms with Crippen LogP contribution < -0.4 is 14.9 Å². The van der Waals surface area contributed by atoms with Gasteiger partial charge in [-0.1, -0.05) is 53.8 Å². The summed E-state index contributed by atoms with van der Waals surface area (Å²) >= 11 is 1.51. The van der Waals surface area contributed by atoms with Crippen LogP contribution in [-0.4, -0.2) is 92.7 Å². The molecule has 4 bridgehead atoms. The number of amides is 2. The molecule has 368 valence electrons. The number of fused-ring (bicyclic) bond motifs is 1. The number of hydrogen-bond donors (Lipinski definition) is 2. The summed E-state index contributed by atoms with van der Waals surface area (Å²) < 4.78 is 44.1. The van der Waals surface area contributed by atoms with E-state index in [1.54, 1.807) is 51.0 Å². The van der Waals surface area contributed by atoms with Crippen molar-refractivity contribution in [3.63, 3.8) is 0 Å². The number of sulfonamides is 1. The number of ether oxygens (including phenoxy) is 2. The number of anilines is 4. The highest BCUT2D eigenvalue weighted by atomic mass is 32.2. The Morgan fingerprint density at radius 3 is 2.26 bits per heavy atom. The molecule has 0 radical (unpaired) electrons. The topological polar surface area (TPSA) is 204 Å². The summed E-state index contributed by atoms with van der Waals surface area (Å²) in [5.41, 5.74) is 3.51. The van der Waals surface area contributed by atoms with Gasteiger partial charge in [0.05, 0.1) is 28.6 Å². The van der Waals surface area contributed by atoms with Crippen molar-refractivity contribution in [2.75, 3.05) is 36.1 Å². The zero-order chi connectivity index (χ0) is 49.4. The van der Waals surface area contributed by atoms with E-state index >= 15 is 0 Å². The van der Waals surface area contributed by atoms with Crippen LogP contribution >= 0.6 is 11.3 Å². The highest BCUT2D eigenvalue weighted by Crippen LogP contribution is 2.60. The third-order valence-corrected chi connectivity index (χ3v) is 15.8. The first-order valence-corrected chi connectivity index (χ1v) is 26.3. The summed E-state index contributed by atoms with van der Waals surface area (Å²) in [6, 6.07) is 22.4. The summed E-state index contributed by atoms with van der Waals surface area (Å²) in [5, 5.41) is 17.8. The zero-order valence-corrected chi connectivity index (χ0v) is 42.1. The average molecular weight is 989 g/mol. The number of aryl methyl sites for hydroxylation is 1. The van der Waals surface area contributed by atoms with Crippen LogP contribution in [0.25, 0.3) is 21.3 Å². The molecule has 0 aliphatic heterocycles. The van der Waals surface area contributed by atoms with Crippen molar-refractivity contribution in [2.24, 2.45) is 23.2 Å². The molecule has 17 nitrogen and oxygen atoms in total. The standard InChI is InChI=1S/C51H60N10O7S2/c1-32-22-43(56-57-46(32)55-48-53-40-14-10-11-15-41(40)69-48)59(6)42-17-16-38(39-29-52-61(33(39)2)31-51-26-35-23-36(27-51)25-37(24-35)28-51)45(54-42)47(63)58-70(65,66)21-20-60(49(64)68-50(3,4)5)19-18-44(62)67-30-34-12-8-7-9-13-34/h7-17,22,29,35-37H,18-21,23-28,30-31H2,1-6H3,(H,58,63)(H,53,55,57). The van der Waals surface area contributed by atoms with Crippen molar-refractivity contribution in [3.05, 3.63) is 102 Å². The van der Waals surface area contributed by atoms with Crippen LogP contribution in [0.2, 0.25) is 0 Å². The van der Waals surface area contributed by atoms with E-state index in [2.05, 4.69) is 25.2 Å². The van der Waals surface area contributed by atoms with Crippen molar-refractivity contribution in [2.45, 2.75) is 98.3 Å². The van der Waals surface area contributed by atoms with E-state index in [-0.39, 0.29) is 37.2 Å². The molecule has 0 saturated heterocycles. The quantitative estimate of drug-likeness (QED) is 0.0819. The first-order valence-electron chi connectivity index (χ1n) is 23.8. The molecule has 6 aromatic rings. The molecule has 4 saturated carbocycles. The Balaban J connectivity index is 0.955. The largest absolute Gasteiger partial charge is 0.461 e. The monoisotopic (exact) mass is 988 g/mol. The smallest absolute Gasteiger partial charge is 0.410 e. The molecule has 0 spiro atoms. The molecule has 4 aliphatic rings. The number of rotatable bonds is 17. The lowest BCUT2D eigenvalue weighted by Crippen LogP contribution is -2.48. The summed E-state index contributed by atoms with van der Waals surface area (Å²) in [5.74, 6) is 1.34. The van der Waals surface area contributed by atoms with Gasteiger partial charge in [0.2, 0.25) is 10.0 Å². The van der Waals surface area contributed by atoms with Gasteiger partial charge in [0.25, 0.3) is 5.91 Å². The van der Waals surface area contributed by atoms with Crippen molar-refractivity contribution in [1.82, 2.24) is 39.6 Å². The maximum absolute atomic E-state index is 14.5. The predicted molar refractivity (Wildman–Crippen MR) is 268 cm³/mol. The number of nitrogens with zero attached hydrogens (tertiary/aromatic N) is 8. The fourth-order valence-electron chi connectivity index (χ4n) is 10.7. The Morgan fingerprint density at radius 2 is 1.57 bits per heavy atom. The summed E-state index contributed by atoms with van der Waals surface area (Å²) in [4.78, 5) is 52.9. The third kappa shape index (κ3) is 11.3. The van der Waals surface area contributed by atoms with E-state index in [1.807, 2.05) is 79.2 Å². The first-order chi connectivity index (χ1) is 33.4. The molecule has 2 N–H and O–H groups in total. The predicted octanol–water partition coefficient (Wildman–Crippen LogP) is 9.12. The van der Waals surface area contributed by atoms with Crippen molar-refractivity contribution in [1.29, 1.82) is 0 Å². The van der Waals surface area contributed by atoms with Crippen LogP contribution in [0.4, 0.5) is 27.4 Å². The second-order valence-corrected chi connectivity index (χ2v) is 23.2. The molecule has 4 aliphatic carbocycles. The summed E-state index contributed by atoms with van der Waals surface area (Å²) in [6.45, 7) is 9.20. The summed E-state index contributed by atoms with van der Waals surface area (Å²) in [7, 11) is -2.69. The molecule has 4 aromatic heterocycles. The molecule has 19 heteroatoms. The van der Waals surface area contributed by atoms with E-state index < -0.39 is 39.3 Å². The highest BCUT2D eigenvalue weighted by molar-refractivity contribution is 7.90. The Hall–Kier alpha value is -6.47. The molecule has 4 fully saturated rings. The number of para-hydroxylation sites is 1. The molecule has 10 rings (SSSR count). The van der Waals surface area contributed by atoms with Crippen LogP contribution in [0.3, 0.4) is 0 Å². The van der Waals surface area contributed by atoms with E-state index in [0.29, 0.717) is 33.7 Å². The minimum atomic E-state index is -4.42. The summed E-state index contributed by atoms with van der Waals surface area (Å²) in [6.07, 6.45) is 8.29. The Kier molecular flexibility index (Phi) is 13.7. The number of hydrogen-bond acceptors (Lipinski definition) is 15.